The van der Waals surface area contributed by atoms with Gasteiger partial charge in [0.05, 0.1) is 0 Å². The number of hydrogen-bond donors (Lipinski definition) is 0. The Kier molecular flexibility index (Phi) is 5.83. The van der Waals surface area contributed by atoms with Crippen LogP contribution in [0.15, 0.2) is 47.5 Å². The Labute approximate surface area is 203 Å². The molecule has 2 unspecified atom stereocenters. The average Bonchev–Trinajstić information content (AvgIpc) is 3.71. The van der Waals surface area contributed by atoms with E-state index in [-0.39, 0.29) is 0 Å². The third-order valence-corrected chi connectivity index (χ3v) is 26.0. The van der Waals surface area contributed by atoms with Gasteiger partial charge in [-0.15, -0.1) is 0 Å². The minimum absolute atomic E-state index is 0.609. The van der Waals surface area contributed by atoms with Gasteiger partial charge in [0.1, 0.15) is 0 Å². The fourth-order valence-corrected chi connectivity index (χ4v) is 27.3. The molecular formula is C30H36SiZr. The van der Waals surface area contributed by atoms with E-state index in [4.69, 9.17) is 0 Å². The number of rotatable bonds is 7. The number of unbranched alkanes of at least 4 members (excludes halogenated alkanes) is 1. The van der Waals surface area contributed by atoms with Crippen molar-refractivity contribution in [3.63, 3.8) is 0 Å². The van der Waals surface area contributed by atoms with Crippen molar-refractivity contribution in [2.45, 2.75) is 84.4 Å². The first-order valence-electron chi connectivity index (χ1n) is 13.0. The summed E-state index contributed by atoms with van der Waals surface area (Å²) in [5, 5.41) is 0. The fraction of sp³-hybridized carbons (Fsp3) is 0.467. The molecule has 2 saturated carbocycles. The van der Waals surface area contributed by atoms with Gasteiger partial charge in [0.15, 0.2) is 0 Å². The van der Waals surface area contributed by atoms with E-state index >= 15 is 0 Å². The molecule has 0 radical (unpaired) electrons. The number of benzene rings is 2. The van der Waals surface area contributed by atoms with Crippen LogP contribution in [0.2, 0.25) is 6.04 Å². The van der Waals surface area contributed by atoms with Gasteiger partial charge in [-0.2, -0.15) is 0 Å². The van der Waals surface area contributed by atoms with E-state index < -0.39 is 20.4 Å². The van der Waals surface area contributed by atoms with Gasteiger partial charge in [0.2, 0.25) is 0 Å². The molecule has 0 nitrogen and oxygen atoms in total. The average molecular weight is 516 g/mol. The van der Waals surface area contributed by atoms with Gasteiger partial charge in [0.25, 0.3) is 0 Å². The number of fused-ring (bicyclic) bond motifs is 2. The van der Waals surface area contributed by atoms with Crippen LogP contribution in [0.3, 0.4) is 0 Å². The Hall–Kier alpha value is -0.980. The van der Waals surface area contributed by atoms with Gasteiger partial charge in [-0.05, 0) is 0 Å². The van der Waals surface area contributed by atoms with Crippen molar-refractivity contribution in [1.82, 2.24) is 0 Å². The van der Waals surface area contributed by atoms with Crippen LogP contribution in [-0.4, -0.2) is 6.16 Å². The molecule has 0 N–H and O–H groups in total. The van der Waals surface area contributed by atoms with Gasteiger partial charge < -0.3 is 0 Å². The fourth-order valence-electron chi connectivity index (χ4n) is 6.41. The first-order valence-corrected chi connectivity index (χ1v) is 21.5. The topological polar surface area (TPSA) is 0 Å². The molecule has 32 heavy (non-hydrogen) atoms. The molecule has 2 heteroatoms. The van der Waals surface area contributed by atoms with Crippen molar-refractivity contribution in [3.8, 4) is 0 Å². The van der Waals surface area contributed by atoms with Crippen LogP contribution < -0.4 is 0 Å². The summed E-state index contributed by atoms with van der Waals surface area (Å²) in [5.41, 5.74) is 13.6. The molecule has 0 spiro atoms. The van der Waals surface area contributed by atoms with E-state index in [2.05, 4.69) is 69.3 Å². The van der Waals surface area contributed by atoms with E-state index in [1.54, 1.807) is 44.5 Å². The summed E-state index contributed by atoms with van der Waals surface area (Å²) in [4.78, 5) is 0. The van der Waals surface area contributed by atoms with E-state index in [1.807, 2.05) is 0 Å². The van der Waals surface area contributed by atoms with Crippen molar-refractivity contribution >= 4 is 18.3 Å². The molecule has 164 valence electrons. The van der Waals surface area contributed by atoms with Gasteiger partial charge in [-0.1, -0.05) is 0 Å². The first-order chi connectivity index (χ1) is 15.7. The molecule has 4 aliphatic rings. The summed E-state index contributed by atoms with van der Waals surface area (Å²) in [6, 6.07) is 16.2. The predicted octanol–water partition coefficient (Wildman–Crippen LogP) is 8.25. The Morgan fingerprint density at radius 2 is 1.22 bits per heavy atom. The molecule has 4 aliphatic carbocycles. The van der Waals surface area contributed by atoms with Gasteiger partial charge in [0, 0.05) is 0 Å². The zero-order valence-electron chi connectivity index (χ0n) is 20.0. The van der Waals surface area contributed by atoms with Crippen LogP contribution in [0.5, 0.6) is 0 Å². The van der Waals surface area contributed by atoms with Crippen molar-refractivity contribution in [1.29, 1.82) is 0 Å². The van der Waals surface area contributed by atoms with E-state index in [0.717, 1.165) is 19.1 Å². The summed E-state index contributed by atoms with van der Waals surface area (Å²) in [7, 11) is 0. The third-order valence-electron chi connectivity index (χ3n) is 8.26. The van der Waals surface area contributed by atoms with Crippen LogP contribution in [0, 0.1) is 0 Å². The Morgan fingerprint density at radius 3 is 1.66 bits per heavy atom. The summed E-state index contributed by atoms with van der Waals surface area (Å²) in [6.45, 7) is 7.34. The second kappa shape index (κ2) is 8.66. The van der Waals surface area contributed by atoms with E-state index in [1.165, 1.54) is 44.6 Å². The summed E-state index contributed by atoms with van der Waals surface area (Å²) >= 11 is -1.84. The van der Waals surface area contributed by atoms with E-state index in [0.29, 0.717) is 6.16 Å². The van der Waals surface area contributed by atoms with E-state index in [9.17, 15) is 0 Å². The molecule has 2 fully saturated rings. The summed E-state index contributed by atoms with van der Waals surface area (Å²) in [6.07, 6.45) is 14.3. The van der Waals surface area contributed by atoms with Gasteiger partial charge in [-0.25, -0.2) is 0 Å². The molecule has 6 rings (SSSR count). The molecule has 2 atom stereocenters. The second-order valence-electron chi connectivity index (χ2n) is 10.7. The second-order valence-corrected chi connectivity index (χ2v) is 24.0. The summed E-state index contributed by atoms with van der Waals surface area (Å²) in [5.74, 6) is 1.70. The van der Waals surface area contributed by atoms with Crippen molar-refractivity contribution < 1.29 is 20.4 Å². The molecule has 0 heterocycles. The van der Waals surface area contributed by atoms with Crippen LogP contribution >= 0.6 is 0 Å². The van der Waals surface area contributed by atoms with Gasteiger partial charge in [-0.3, -0.25) is 0 Å². The monoisotopic (exact) mass is 514 g/mol. The minimum atomic E-state index is -1.84. The molecule has 0 aliphatic heterocycles. The van der Waals surface area contributed by atoms with Crippen molar-refractivity contribution in [3.05, 3.63) is 80.9 Å². The molecule has 0 bridgehead atoms. The molecule has 2 aromatic carbocycles. The normalized spacial score (nSPS) is 23.5. The molecule has 0 saturated heterocycles. The zero-order chi connectivity index (χ0) is 21.8. The molecule has 2 aromatic rings. The van der Waals surface area contributed by atoms with Crippen LogP contribution in [0.4, 0.5) is 0 Å². The molecular weight excluding hydrogens is 480 g/mol. The first kappa shape index (κ1) is 21.5. The zero-order valence-corrected chi connectivity index (χ0v) is 23.6. The van der Waals surface area contributed by atoms with Crippen LogP contribution in [-0.2, 0) is 20.4 Å². The number of hydrogen-bond acceptors (Lipinski definition) is 0. The SMILES string of the molecule is CCCC[SiH]=[Zr]([CH]1C(C)=Cc2c(C3CC3)cccc21)[CH]1C(C)=Cc2c(C3CC3)cccc21. The number of allylic oxidation sites excluding steroid dienone is 2. The Morgan fingerprint density at radius 1 is 0.750 bits per heavy atom. The maximum absolute atomic E-state index is 2.63. The van der Waals surface area contributed by atoms with Crippen molar-refractivity contribution in [2.24, 2.45) is 0 Å². The maximum atomic E-state index is 2.63. The standard InChI is InChI=1S/2C13H13.C4H10Si.Zr/c2*1-9-7-11-3-2-4-12(10-5-6-10)13(11)8-9;1-2-3-4-5;/h2*2-4,7-8,10H,5-6H2,1H3;5H,2-4H2,1H3;. The molecule has 0 aromatic heterocycles. The molecule has 0 amide bonds. The van der Waals surface area contributed by atoms with Crippen LogP contribution in [0.25, 0.3) is 12.2 Å². The summed E-state index contributed by atoms with van der Waals surface area (Å²) < 4.78 is 1.61. The van der Waals surface area contributed by atoms with Crippen LogP contribution in [0.1, 0.15) is 112 Å². The quantitative estimate of drug-likeness (QED) is 0.257. The Balaban J connectivity index is 1.46. The predicted molar refractivity (Wildman–Crippen MR) is 136 cm³/mol. The Bertz CT molecular complexity index is 1070. The van der Waals surface area contributed by atoms with Gasteiger partial charge >= 0.3 is 204 Å². The third kappa shape index (κ3) is 3.74. The van der Waals surface area contributed by atoms with Crippen molar-refractivity contribution in [2.75, 3.05) is 0 Å².